The first-order valence-electron chi connectivity index (χ1n) is 6.33. The number of piperidine rings is 1. The number of hydrogen-bond donors (Lipinski definition) is 1. The monoisotopic (exact) mass is 214 g/mol. The van der Waals surface area contributed by atoms with Crippen LogP contribution in [0.3, 0.4) is 0 Å². The van der Waals surface area contributed by atoms with E-state index in [4.69, 9.17) is 10.5 Å². The van der Waals surface area contributed by atoms with E-state index in [0.717, 1.165) is 19.6 Å². The number of hydrogen-bond acceptors (Lipinski definition) is 3. The summed E-state index contributed by atoms with van der Waals surface area (Å²) in [5.41, 5.74) is 5.53. The Hall–Kier alpha value is -0.120. The third kappa shape index (κ3) is 4.49. The molecule has 0 radical (unpaired) electrons. The summed E-state index contributed by atoms with van der Waals surface area (Å²) in [6.45, 7) is 8.45. The van der Waals surface area contributed by atoms with Crippen molar-refractivity contribution in [2.45, 2.75) is 51.7 Å². The van der Waals surface area contributed by atoms with E-state index in [1.165, 1.54) is 32.4 Å². The van der Waals surface area contributed by atoms with E-state index in [1.807, 2.05) is 0 Å². The lowest BCUT2D eigenvalue weighted by Crippen LogP contribution is -2.42. The maximum atomic E-state index is 5.65. The number of likely N-dealkylation sites (tertiary alicyclic amines) is 1. The Bertz CT molecular complexity index is 156. The molecule has 1 heterocycles. The molecule has 1 unspecified atom stereocenters. The fraction of sp³-hybridized carbons (Fsp3) is 1.00. The molecular formula is C12H26N2O. The van der Waals surface area contributed by atoms with E-state index in [9.17, 15) is 0 Å². The Morgan fingerprint density at radius 1 is 1.40 bits per heavy atom. The fourth-order valence-corrected chi connectivity index (χ4v) is 2.31. The zero-order chi connectivity index (χ0) is 11.1. The standard InChI is InChI=1S/C12H26N2O/c1-3-15-12-6-9-14(10-7-12)11(2)5-4-8-13/h11-12H,3-10,13H2,1-2H3. The van der Waals surface area contributed by atoms with Crippen LogP contribution in [0.5, 0.6) is 0 Å². The lowest BCUT2D eigenvalue weighted by atomic mass is 10.0. The number of nitrogens with two attached hydrogens (primary N) is 1. The van der Waals surface area contributed by atoms with Gasteiger partial charge < -0.3 is 15.4 Å². The minimum absolute atomic E-state index is 0.507. The van der Waals surface area contributed by atoms with E-state index < -0.39 is 0 Å². The molecule has 3 nitrogen and oxygen atoms in total. The maximum Gasteiger partial charge on any atom is 0.0599 e. The highest BCUT2D eigenvalue weighted by molar-refractivity contribution is 4.76. The molecule has 0 aromatic heterocycles. The molecule has 0 aromatic carbocycles. The lowest BCUT2D eigenvalue weighted by Gasteiger charge is -2.35. The Morgan fingerprint density at radius 2 is 2.07 bits per heavy atom. The van der Waals surface area contributed by atoms with Crippen LogP contribution in [0.25, 0.3) is 0 Å². The smallest absolute Gasteiger partial charge is 0.0599 e. The van der Waals surface area contributed by atoms with Gasteiger partial charge in [0.1, 0.15) is 0 Å². The van der Waals surface area contributed by atoms with Crippen LogP contribution in [0.1, 0.15) is 39.5 Å². The number of nitrogens with zero attached hydrogens (tertiary/aromatic N) is 1. The summed E-state index contributed by atoms with van der Waals surface area (Å²) < 4.78 is 5.65. The lowest BCUT2D eigenvalue weighted by molar-refractivity contribution is 0.00490. The van der Waals surface area contributed by atoms with Crippen molar-refractivity contribution in [1.82, 2.24) is 4.90 Å². The molecule has 0 saturated carbocycles. The van der Waals surface area contributed by atoms with Crippen LogP contribution in [0.15, 0.2) is 0 Å². The molecule has 90 valence electrons. The summed E-state index contributed by atoms with van der Waals surface area (Å²) >= 11 is 0. The molecule has 0 bridgehead atoms. The van der Waals surface area contributed by atoms with Gasteiger partial charge in [-0.1, -0.05) is 0 Å². The van der Waals surface area contributed by atoms with Crippen LogP contribution in [-0.2, 0) is 4.74 Å². The Kier molecular flexibility index (Phi) is 6.22. The largest absolute Gasteiger partial charge is 0.378 e. The highest BCUT2D eigenvalue weighted by Crippen LogP contribution is 2.17. The summed E-state index contributed by atoms with van der Waals surface area (Å²) in [6.07, 6.45) is 5.28. The molecule has 1 aliphatic heterocycles. The van der Waals surface area contributed by atoms with Crippen molar-refractivity contribution < 1.29 is 4.74 Å². The SMILES string of the molecule is CCOC1CCN(C(C)CCCN)CC1. The average molecular weight is 214 g/mol. The van der Waals surface area contributed by atoms with Crippen molar-refractivity contribution in [3.63, 3.8) is 0 Å². The molecule has 0 aromatic rings. The fourth-order valence-electron chi connectivity index (χ4n) is 2.31. The summed E-state index contributed by atoms with van der Waals surface area (Å²) in [5, 5.41) is 0. The van der Waals surface area contributed by atoms with E-state index >= 15 is 0 Å². The third-order valence-corrected chi connectivity index (χ3v) is 3.33. The quantitative estimate of drug-likeness (QED) is 0.730. The van der Waals surface area contributed by atoms with Crippen LogP contribution >= 0.6 is 0 Å². The van der Waals surface area contributed by atoms with Gasteiger partial charge in [-0.25, -0.2) is 0 Å². The third-order valence-electron chi connectivity index (χ3n) is 3.33. The average Bonchev–Trinajstić information content (AvgIpc) is 2.27. The van der Waals surface area contributed by atoms with E-state index in [-0.39, 0.29) is 0 Å². The normalized spacial score (nSPS) is 21.8. The van der Waals surface area contributed by atoms with Crippen LogP contribution in [0, 0.1) is 0 Å². The molecule has 3 heteroatoms. The van der Waals surface area contributed by atoms with Gasteiger partial charge in [0, 0.05) is 25.7 Å². The minimum Gasteiger partial charge on any atom is -0.378 e. The minimum atomic E-state index is 0.507. The summed E-state index contributed by atoms with van der Waals surface area (Å²) in [4.78, 5) is 2.57. The number of rotatable bonds is 6. The molecule has 1 aliphatic rings. The van der Waals surface area contributed by atoms with Crippen molar-refractivity contribution in [1.29, 1.82) is 0 Å². The molecule has 1 saturated heterocycles. The topological polar surface area (TPSA) is 38.5 Å². The Morgan fingerprint density at radius 3 is 2.60 bits per heavy atom. The molecule has 2 N–H and O–H groups in total. The molecule has 0 spiro atoms. The second-order valence-electron chi connectivity index (χ2n) is 4.47. The van der Waals surface area contributed by atoms with Gasteiger partial charge in [0.05, 0.1) is 6.10 Å². The molecule has 1 atom stereocenters. The second-order valence-corrected chi connectivity index (χ2v) is 4.47. The van der Waals surface area contributed by atoms with Gasteiger partial charge in [0.25, 0.3) is 0 Å². The van der Waals surface area contributed by atoms with Gasteiger partial charge in [-0.3, -0.25) is 0 Å². The predicted octanol–water partition coefficient (Wildman–Crippen LogP) is 1.61. The first-order valence-corrected chi connectivity index (χ1v) is 6.33. The number of ether oxygens (including phenoxy) is 1. The van der Waals surface area contributed by atoms with Gasteiger partial charge >= 0.3 is 0 Å². The van der Waals surface area contributed by atoms with E-state index in [1.54, 1.807) is 0 Å². The van der Waals surface area contributed by atoms with Crippen molar-refractivity contribution >= 4 is 0 Å². The van der Waals surface area contributed by atoms with Gasteiger partial charge in [0.15, 0.2) is 0 Å². The van der Waals surface area contributed by atoms with Gasteiger partial charge in [-0.15, -0.1) is 0 Å². The van der Waals surface area contributed by atoms with Crippen LogP contribution in [-0.4, -0.2) is 43.3 Å². The van der Waals surface area contributed by atoms with Gasteiger partial charge in [-0.2, -0.15) is 0 Å². The highest BCUT2D eigenvalue weighted by atomic mass is 16.5. The molecule has 15 heavy (non-hydrogen) atoms. The van der Waals surface area contributed by atoms with Crippen molar-refractivity contribution in [2.24, 2.45) is 5.73 Å². The highest BCUT2D eigenvalue weighted by Gasteiger charge is 2.22. The predicted molar refractivity (Wildman–Crippen MR) is 64.0 cm³/mol. The van der Waals surface area contributed by atoms with Crippen molar-refractivity contribution in [2.75, 3.05) is 26.2 Å². The van der Waals surface area contributed by atoms with Gasteiger partial charge in [-0.05, 0) is 46.1 Å². The van der Waals surface area contributed by atoms with Gasteiger partial charge in [0.2, 0.25) is 0 Å². The molecule has 0 amide bonds. The van der Waals surface area contributed by atoms with Crippen LogP contribution in [0.4, 0.5) is 0 Å². The van der Waals surface area contributed by atoms with Crippen LogP contribution < -0.4 is 5.73 Å². The van der Waals surface area contributed by atoms with Crippen LogP contribution in [0.2, 0.25) is 0 Å². The second kappa shape index (κ2) is 7.20. The van der Waals surface area contributed by atoms with Crippen molar-refractivity contribution in [3.8, 4) is 0 Å². The molecule has 1 fully saturated rings. The first kappa shape index (κ1) is 12.9. The molecule has 1 rings (SSSR count). The molecular weight excluding hydrogens is 188 g/mol. The zero-order valence-electron chi connectivity index (χ0n) is 10.2. The van der Waals surface area contributed by atoms with E-state index in [0.29, 0.717) is 12.1 Å². The summed E-state index contributed by atoms with van der Waals surface area (Å²) in [7, 11) is 0. The molecule has 0 aliphatic carbocycles. The Labute approximate surface area is 94.0 Å². The van der Waals surface area contributed by atoms with Crippen molar-refractivity contribution in [3.05, 3.63) is 0 Å². The summed E-state index contributed by atoms with van der Waals surface area (Å²) in [6, 6.07) is 0.691. The Balaban J connectivity index is 2.18. The maximum absolute atomic E-state index is 5.65. The zero-order valence-corrected chi connectivity index (χ0v) is 10.2. The first-order chi connectivity index (χ1) is 7.27. The van der Waals surface area contributed by atoms with E-state index in [2.05, 4.69) is 18.7 Å². The summed E-state index contributed by atoms with van der Waals surface area (Å²) in [5.74, 6) is 0.